The van der Waals surface area contributed by atoms with Crippen LogP contribution in [0.2, 0.25) is 5.02 Å². The molecule has 1 aliphatic rings. The van der Waals surface area contributed by atoms with Crippen molar-refractivity contribution in [2.45, 2.75) is 46.3 Å². The number of benzene rings is 2. The maximum Gasteiger partial charge on any atom is 0.338 e. The van der Waals surface area contributed by atoms with Crippen LogP contribution in [0, 0.1) is 0 Å². The molecule has 3 aromatic rings. The van der Waals surface area contributed by atoms with E-state index in [9.17, 15) is 4.79 Å². The third-order valence-corrected chi connectivity index (χ3v) is 5.82. The lowest BCUT2D eigenvalue weighted by molar-refractivity contribution is -0.139. The van der Waals surface area contributed by atoms with Crippen LogP contribution in [-0.2, 0) is 16.1 Å². The summed E-state index contributed by atoms with van der Waals surface area (Å²) in [5.41, 5.74) is 3.11. The minimum Gasteiger partial charge on any atom is -0.490 e. The maximum atomic E-state index is 13.1. The van der Waals surface area contributed by atoms with Crippen LogP contribution >= 0.6 is 11.6 Å². The normalized spacial score (nSPS) is 14.8. The van der Waals surface area contributed by atoms with E-state index < -0.39 is 6.04 Å². The van der Waals surface area contributed by atoms with Crippen molar-refractivity contribution >= 4 is 23.5 Å². The van der Waals surface area contributed by atoms with Gasteiger partial charge in [0.05, 0.1) is 18.8 Å². The van der Waals surface area contributed by atoms with E-state index in [1.807, 2.05) is 49.4 Å². The van der Waals surface area contributed by atoms with E-state index in [1.54, 1.807) is 11.6 Å². The summed E-state index contributed by atoms with van der Waals surface area (Å²) in [4.78, 5) is 17.5. The van der Waals surface area contributed by atoms with Crippen LogP contribution in [-0.4, -0.2) is 33.9 Å². The summed E-state index contributed by atoms with van der Waals surface area (Å²) in [6.07, 6.45) is 3.01. The third-order valence-electron chi connectivity index (χ3n) is 5.57. The van der Waals surface area contributed by atoms with Crippen LogP contribution in [0.3, 0.4) is 0 Å². The molecule has 1 atom stereocenters. The molecule has 1 aliphatic heterocycles. The number of carbonyl (C=O) groups is 1. The first-order valence-electron chi connectivity index (χ1n) is 11.8. The van der Waals surface area contributed by atoms with Gasteiger partial charge in [0.2, 0.25) is 5.95 Å². The van der Waals surface area contributed by atoms with Gasteiger partial charge in [-0.1, -0.05) is 43.1 Å². The molecule has 184 valence electrons. The fraction of sp³-hybridized carbons (Fsp3) is 0.346. The summed E-state index contributed by atoms with van der Waals surface area (Å²) < 4.78 is 19.1. The van der Waals surface area contributed by atoms with Crippen LogP contribution in [0.5, 0.6) is 11.5 Å². The molecule has 0 saturated heterocycles. The zero-order valence-electron chi connectivity index (χ0n) is 20.1. The fourth-order valence-electron chi connectivity index (χ4n) is 4.04. The molecule has 0 bridgehead atoms. The lowest BCUT2D eigenvalue weighted by Crippen LogP contribution is -2.30. The van der Waals surface area contributed by atoms with Gasteiger partial charge < -0.3 is 19.5 Å². The van der Waals surface area contributed by atoms with Gasteiger partial charge in [0.25, 0.3) is 0 Å². The molecule has 9 heteroatoms. The van der Waals surface area contributed by atoms with Crippen LogP contribution in [0.1, 0.15) is 50.8 Å². The first-order chi connectivity index (χ1) is 17.0. The molecule has 35 heavy (non-hydrogen) atoms. The summed E-state index contributed by atoms with van der Waals surface area (Å²) in [6.45, 7) is 6.88. The molecular formula is C26H29ClN4O4. The Morgan fingerprint density at radius 1 is 1.06 bits per heavy atom. The summed E-state index contributed by atoms with van der Waals surface area (Å²) in [5, 5.41) is 8.34. The topological polar surface area (TPSA) is 87.5 Å². The number of esters is 1. The van der Waals surface area contributed by atoms with Gasteiger partial charge in [-0.05, 0) is 55.7 Å². The molecule has 2 heterocycles. The molecule has 8 nitrogen and oxygen atoms in total. The summed E-state index contributed by atoms with van der Waals surface area (Å²) in [6, 6.07) is 12.7. The van der Waals surface area contributed by atoms with E-state index in [2.05, 4.69) is 22.3 Å². The van der Waals surface area contributed by atoms with Crippen LogP contribution in [0.25, 0.3) is 0 Å². The third kappa shape index (κ3) is 5.43. The molecule has 0 spiro atoms. The number of nitrogens with one attached hydrogen (secondary N) is 1. The van der Waals surface area contributed by atoms with Crippen molar-refractivity contribution in [1.29, 1.82) is 0 Å². The predicted octanol–water partition coefficient (Wildman–Crippen LogP) is 5.54. The first-order valence-corrected chi connectivity index (χ1v) is 12.1. The Bertz CT molecular complexity index is 1210. The highest BCUT2D eigenvalue weighted by Gasteiger charge is 2.35. The highest BCUT2D eigenvalue weighted by molar-refractivity contribution is 6.30. The van der Waals surface area contributed by atoms with Gasteiger partial charge in [-0.15, -0.1) is 0 Å². The van der Waals surface area contributed by atoms with Crippen molar-refractivity contribution in [3.8, 4) is 11.5 Å². The monoisotopic (exact) mass is 496 g/mol. The second-order valence-electron chi connectivity index (χ2n) is 7.97. The van der Waals surface area contributed by atoms with Crippen molar-refractivity contribution in [2.75, 3.05) is 18.5 Å². The van der Waals surface area contributed by atoms with E-state index in [0.717, 1.165) is 23.2 Å². The van der Waals surface area contributed by atoms with Crippen LogP contribution in [0.4, 0.5) is 5.95 Å². The number of anilines is 1. The number of carbonyl (C=O) groups excluding carboxylic acids is 1. The lowest BCUT2D eigenvalue weighted by atomic mass is 9.93. The number of aromatic nitrogens is 3. The molecular weight excluding hydrogens is 468 g/mol. The Kier molecular flexibility index (Phi) is 7.92. The van der Waals surface area contributed by atoms with E-state index in [0.29, 0.717) is 47.7 Å². The number of ether oxygens (including phenoxy) is 3. The summed E-state index contributed by atoms with van der Waals surface area (Å²) in [5.74, 6) is 1.39. The maximum absolute atomic E-state index is 13.1. The van der Waals surface area contributed by atoms with Gasteiger partial charge in [-0.3, -0.25) is 0 Å². The Hall–Kier alpha value is -3.52. The number of hydrogen-bond acceptors (Lipinski definition) is 7. The van der Waals surface area contributed by atoms with Gasteiger partial charge in [0.1, 0.15) is 19.0 Å². The largest absolute Gasteiger partial charge is 0.490 e. The van der Waals surface area contributed by atoms with Crippen molar-refractivity contribution < 1.29 is 19.0 Å². The van der Waals surface area contributed by atoms with Crippen molar-refractivity contribution in [1.82, 2.24) is 14.8 Å². The number of fused-ring (bicyclic) bond motifs is 1. The smallest absolute Gasteiger partial charge is 0.338 e. The minimum absolute atomic E-state index is 0.278. The molecule has 0 fully saturated rings. The second-order valence-corrected chi connectivity index (χ2v) is 8.41. The number of rotatable bonds is 10. The van der Waals surface area contributed by atoms with E-state index in [4.69, 9.17) is 25.8 Å². The van der Waals surface area contributed by atoms with Crippen LogP contribution in [0.15, 0.2) is 60.1 Å². The summed E-state index contributed by atoms with van der Waals surface area (Å²) >= 11 is 5.98. The number of hydrogen-bond donors (Lipinski definition) is 1. The second kappa shape index (κ2) is 11.3. The fourth-order valence-corrected chi connectivity index (χ4v) is 4.17. The van der Waals surface area contributed by atoms with E-state index in [1.165, 1.54) is 6.33 Å². The highest BCUT2D eigenvalue weighted by atomic mass is 35.5. The average molecular weight is 497 g/mol. The van der Waals surface area contributed by atoms with E-state index in [-0.39, 0.29) is 12.6 Å². The van der Waals surface area contributed by atoms with Gasteiger partial charge in [0, 0.05) is 10.7 Å². The Labute approximate surface area is 209 Å². The van der Waals surface area contributed by atoms with Crippen molar-refractivity contribution in [2.24, 2.45) is 0 Å². The Balaban J connectivity index is 1.72. The quantitative estimate of drug-likeness (QED) is 0.368. The number of nitrogens with zero attached hydrogens (tertiary/aromatic N) is 3. The molecule has 0 aliphatic carbocycles. The molecule has 1 aromatic heterocycles. The Morgan fingerprint density at radius 3 is 2.57 bits per heavy atom. The molecule has 2 aromatic carbocycles. The van der Waals surface area contributed by atoms with E-state index >= 15 is 0 Å². The molecule has 0 unspecified atom stereocenters. The zero-order chi connectivity index (χ0) is 24.8. The standard InChI is InChI=1S/C26H29ClN4O4/c1-4-7-20-23(25(32)34-6-3)24(31-26(30-20)28-16-29-31)18-10-13-21(22(14-18)33-5-2)35-15-17-8-11-19(27)12-9-17/h8-14,16,24H,4-7,15H2,1-3H3,(H,28,29,30)/t24-/m0/s1. The van der Waals surface area contributed by atoms with Crippen molar-refractivity contribution in [3.63, 3.8) is 0 Å². The zero-order valence-corrected chi connectivity index (χ0v) is 20.8. The average Bonchev–Trinajstić information content (AvgIpc) is 3.32. The Morgan fingerprint density at radius 2 is 1.86 bits per heavy atom. The van der Waals surface area contributed by atoms with Crippen molar-refractivity contribution in [3.05, 3.63) is 76.2 Å². The number of halogens is 1. The number of allylic oxidation sites excluding steroid dienone is 1. The van der Waals surface area contributed by atoms with Gasteiger partial charge in [0.15, 0.2) is 11.5 Å². The highest BCUT2D eigenvalue weighted by Crippen LogP contribution is 2.40. The van der Waals surface area contributed by atoms with Gasteiger partial charge >= 0.3 is 5.97 Å². The molecule has 0 saturated carbocycles. The molecule has 0 amide bonds. The minimum atomic E-state index is -0.515. The SMILES string of the molecule is CCCC1=C(C(=O)OCC)[C@H](c2ccc(OCc3ccc(Cl)cc3)c(OCC)c2)n2ncnc2N1. The van der Waals surface area contributed by atoms with Crippen LogP contribution < -0.4 is 14.8 Å². The molecule has 4 rings (SSSR count). The van der Waals surface area contributed by atoms with Gasteiger partial charge in [-0.25, -0.2) is 9.48 Å². The predicted molar refractivity (Wildman–Crippen MR) is 134 cm³/mol. The summed E-state index contributed by atoms with van der Waals surface area (Å²) in [7, 11) is 0. The molecule has 1 N–H and O–H groups in total. The lowest BCUT2D eigenvalue weighted by Gasteiger charge is -2.29. The molecule has 0 radical (unpaired) electrons. The van der Waals surface area contributed by atoms with Gasteiger partial charge in [-0.2, -0.15) is 10.1 Å². The first kappa shape index (κ1) is 24.6.